The maximum Gasteiger partial charge on any atom is 0.118 e. The highest BCUT2D eigenvalue weighted by Gasteiger charge is 2.35. The molecule has 1 N–H and O–H groups in total. The van der Waals surface area contributed by atoms with E-state index in [1.807, 2.05) is 6.07 Å². The third kappa shape index (κ3) is 9.67. The van der Waals surface area contributed by atoms with Gasteiger partial charge in [0.05, 0.1) is 0 Å². The molecule has 1 saturated carbocycles. The first kappa shape index (κ1) is 22.3. The Balaban J connectivity index is 1.59. The summed E-state index contributed by atoms with van der Waals surface area (Å²) in [6, 6.07) is 6.29. The number of unbranched alkanes of at least 4 members (excludes halogenated alkanes) is 6. The van der Waals surface area contributed by atoms with Crippen LogP contribution in [0.1, 0.15) is 116 Å². The van der Waals surface area contributed by atoms with Crippen molar-refractivity contribution in [3.8, 4) is 5.75 Å². The number of aromatic hydroxyl groups is 1. The van der Waals surface area contributed by atoms with Crippen LogP contribution in [0, 0.1) is 10.8 Å². The topological polar surface area (TPSA) is 20.2 Å². The minimum atomic E-state index is 0.474. The molecule has 27 heavy (non-hydrogen) atoms. The summed E-state index contributed by atoms with van der Waals surface area (Å²) in [7, 11) is 0. The van der Waals surface area contributed by atoms with Crippen molar-refractivity contribution in [3.63, 3.8) is 0 Å². The Hall–Kier alpha value is -0.980. The van der Waals surface area contributed by atoms with Gasteiger partial charge < -0.3 is 5.11 Å². The Morgan fingerprint density at radius 3 is 2.15 bits per heavy atom. The normalized spacial score (nSPS) is 15.9. The van der Waals surface area contributed by atoms with E-state index in [-0.39, 0.29) is 0 Å². The standard InChI is InChI=1S/C26H44O/c1-25(2,3)17-11-7-5-9-13-22-15-16-24(27)23(21-22)14-10-6-8-12-18-26(4)19-20-26/h15-16,21,27H,5-14,17-20H2,1-4H3. The molecule has 1 aromatic rings. The van der Waals surface area contributed by atoms with E-state index in [1.165, 1.54) is 82.6 Å². The van der Waals surface area contributed by atoms with Crippen molar-refractivity contribution < 1.29 is 5.11 Å². The lowest BCUT2D eigenvalue weighted by Crippen LogP contribution is -2.03. The van der Waals surface area contributed by atoms with Gasteiger partial charge in [-0.3, -0.25) is 0 Å². The van der Waals surface area contributed by atoms with Gasteiger partial charge in [-0.2, -0.15) is 0 Å². The van der Waals surface area contributed by atoms with E-state index in [0.29, 0.717) is 16.6 Å². The van der Waals surface area contributed by atoms with Crippen LogP contribution in [0.25, 0.3) is 0 Å². The first-order valence-corrected chi connectivity index (χ1v) is 11.6. The van der Waals surface area contributed by atoms with Gasteiger partial charge in [0, 0.05) is 0 Å². The molecule has 0 heterocycles. The predicted molar refractivity (Wildman–Crippen MR) is 118 cm³/mol. The van der Waals surface area contributed by atoms with Crippen LogP contribution in [-0.2, 0) is 12.8 Å². The highest BCUT2D eigenvalue weighted by atomic mass is 16.3. The van der Waals surface area contributed by atoms with Crippen molar-refractivity contribution >= 4 is 0 Å². The van der Waals surface area contributed by atoms with E-state index in [1.54, 1.807) is 0 Å². The molecule has 0 radical (unpaired) electrons. The Labute approximate surface area is 169 Å². The van der Waals surface area contributed by atoms with Gasteiger partial charge in [0.1, 0.15) is 5.75 Å². The SMILES string of the molecule is CC(C)(C)CCCCCCc1ccc(O)c(CCCCCCC2(C)CC2)c1. The first-order chi connectivity index (χ1) is 12.8. The van der Waals surface area contributed by atoms with Crippen LogP contribution < -0.4 is 0 Å². The third-order valence-corrected chi connectivity index (χ3v) is 6.37. The summed E-state index contributed by atoms with van der Waals surface area (Å²) in [5.74, 6) is 0.495. The molecule has 1 fully saturated rings. The fourth-order valence-corrected chi connectivity index (χ4v) is 4.02. The number of hydrogen-bond acceptors (Lipinski definition) is 1. The molecule has 154 valence electrons. The summed E-state index contributed by atoms with van der Waals surface area (Å²) in [4.78, 5) is 0. The van der Waals surface area contributed by atoms with Crippen molar-refractivity contribution in [2.24, 2.45) is 10.8 Å². The summed E-state index contributed by atoms with van der Waals surface area (Å²) in [6.07, 6.45) is 18.4. The molecule has 1 aliphatic rings. The van der Waals surface area contributed by atoms with E-state index in [4.69, 9.17) is 0 Å². The summed E-state index contributed by atoms with van der Waals surface area (Å²) in [6.45, 7) is 9.43. The summed E-state index contributed by atoms with van der Waals surface area (Å²) in [5.41, 5.74) is 3.75. The van der Waals surface area contributed by atoms with Gasteiger partial charge in [0.15, 0.2) is 0 Å². The lowest BCUT2D eigenvalue weighted by atomic mass is 9.89. The Morgan fingerprint density at radius 1 is 0.852 bits per heavy atom. The molecule has 0 bridgehead atoms. The highest BCUT2D eigenvalue weighted by molar-refractivity contribution is 5.36. The molecule has 0 spiro atoms. The minimum Gasteiger partial charge on any atom is -0.508 e. The van der Waals surface area contributed by atoms with E-state index in [0.717, 1.165) is 18.4 Å². The number of rotatable bonds is 13. The van der Waals surface area contributed by atoms with Crippen LogP contribution in [0.15, 0.2) is 18.2 Å². The molecule has 1 aliphatic carbocycles. The average molecular weight is 373 g/mol. The number of aryl methyl sites for hydroxylation is 2. The van der Waals surface area contributed by atoms with Crippen LogP contribution in [-0.4, -0.2) is 5.11 Å². The highest BCUT2D eigenvalue weighted by Crippen LogP contribution is 2.49. The average Bonchev–Trinajstić information content (AvgIpc) is 3.33. The maximum atomic E-state index is 10.2. The number of benzene rings is 1. The van der Waals surface area contributed by atoms with E-state index >= 15 is 0 Å². The molecule has 0 unspecified atom stereocenters. The number of phenolic OH excluding ortho intramolecular Hbond substituents is 1. The van der Waals surface area contributed by atoms with E-state index in [2.05, 4.69) is 39.8 Å². The van der Waals surface area contributed by atoms with Crippen LogP contribution in [0.2, 0.25) is 0 Å². The molecule has 0 aliphatic heterocycles. The van der Waals surface area contributed by atoms with Gasteiger partial charge in [0.2, 0.25) is 0 Å². The molecule has 0 atom stereocenters. The zero-order valence-corrected chi connectivity index (χ0v) is 18.6. The van der Waals surface area contributed by atoms with E-state index < -0.39 is 0 Å². The van der Waals surface area contributed by atoms with Crippen molar-refractivity contribution in [2.45, 2.75) is 118 Å². The lowest BCUT2D eigenvalue weighted by Gasteiger charge is -2.17. The molecule has 0 amide bonds. The molecular weight excluding hydrogens is 328 g/mol. The largest absolute Gasteiger partial charge is 0.508 e. The maximum absolute atomic E-state index is 10.2. The molecule has 0 saturated heterocycles. The smallest absolute Gasteiger partial charge is 0.118 e. The van der Waals surface area contributed by atoms with Crippen LogP contribution in [0.4, 0.5) is 0 Å². The van der Waals surface area contributed by atoms with Gasteiger partial charge >= 0.3 is 0 Å². The Morgan fingerprint density at radius 2 is 1.48 bits per heavy atom. The third-order valence-electron chi connectivity index (χ3n) is 6.37. The summed E-state index contributed by atoms with van der Waals surface area (Å²) >= 11 is 0. The van der Waals surface area contributed by atoms with Crippen LogP contribution in [0.5, 0.6) is 5.75 Å². The fourth-order valence-electron chi connectivity index (χ4n) is 4.02. The lowest BCUT2D eigenvalue weighted by molar-refractivity contribution is 0.357. The van der Waals surface area contributed by atoms with Gasteiger partial charge in [-0.25, -0.2) is 0 Å². The van der Waals surface area contributed by atoms with Gasteiger partial charge in [-0.05, 0) is 79.4 Å². The van der Waals surface area contributed by atoms with E-state index in [9.17, 15) is 5.11 Å². The second-order valence-corrected chi connectivity index (χ2v) is 10.7. The molecule has 0 aromatic heterocycles. The molecule has 1 aromatic carbocycles. The van der Waals surface area contributed by atoms with Crippen molar-refractivity contribution in [2.75, 3.05) is 0 Å². The molecule has 1 nitrogen and oxygen atoms in total. The summed E-state index contributed by atoms with van der Waals surface area (Å²) in [5, 5.41) is 10.2. The predicted octanol–water partition coefficient (Wildman–Crippen LogP) is 8.22. The monoisotopic (exact) mass is 372 g/mol. The van der Waals surface area contributed by atoms with Crippen LogP contribution >= 0.6 is 0 Å². The van der Waals surface area contributed by atoms with Gasteiger partial charge in [-0.15, -0.1) is 0 Å². The zero-order chi connectivity index (χ0) is 19.8. The fraction of sp³-hybridized carbons (Fsp3) is 0.769. The van der Waals surface area contributed by atoms with Crippen molar-refractivity contribution in [3.05, 3.63) is 29.3 Å². The van der Waals surface area contributed by atoms with Gasteiger partial charge in [0.25, 0.3) is 0 Å². The second kappa shape index (κ2) is 10.5. The molecule has 1 heteroatoms. The quantitative estimate of drug-likeness (QED) is 0.346. The molecular formula is C26H44O. The first-order valence-electron chi connectivity index (χ1n) is 11.6. The summed E-state index contributed by atoms with van der Waals surface area (Å²) < 4.78 is 0. The zero-order valence-electron chi connectivity index (χ0n) is 18.6. The Bertz CT molecular complexity index is 548. The number of hydrogen-bond donors (Lipinski definition) is 1. The second-order valence-electron chi connectivity index (χ2n) is 10.7. The van der Waals surface area contributed by atoms with Gasteiger partial charge in [-0.1, -0.05) is 78.4 Å². The van der Waals surface area contributed by atoms with Crippen LogP contribution in [0.3, 0.4) is 0 Å². The Kier molecular flexibility index (Phi) is 8.70. The number of phenols is 1. The van der Waals surface area contributed by atoms with Crippen molar-refractivity contribution in [1.29, 1.82) is 0 Å². The van der Waals surface area contributed by atoms with Crippen molar-refractivity contribution in [1.82, 2.24) is 0 Å². The minimum absolute atomic E-state index is 0.474. The molecule has 2 rings (SSSR count).